The summed E-state index contributed by atoms with van der Waals surface area (Å²) < 4.78 is 60.1. The number of hydrogen-bond acceptors (Lipinski definition) is 1. The van der Waals surface area contributed by atoms with E-state index < -0.39 is 7.81 Å². The van der Waals surface area contributed by atoms with Crippen molar-refractivity contribution in [2.75, 3.05) is 0 Å². The molecule has 0 N–H and O–H groups in total. The zero-order valence-corrected chi connectivity index (χ0v) is 13.0. The number of halogens is 7. The molecule has 0 bridgehead atoms. The SMILES string of the molecule is CCc1cc(Br)c([N+]#N)c(CC)c1.F[P-](F)(F)(F)(F)F. The van der Waals surface area contributed by atoms with Crippen LogP contribution in [0.25, 0.3) is 4.98 Å². The zero-order valence-electron chi connectivity index (χ0n) is 10.6. The van der Waals surface area contributed by atoms with Gasteiger partial charge in [0.1, 0.15) is 4.47 Å². The van der Waals surface area contributed by atoms with Crippen LogP contribution in [0.4, 0.5) is 30.9 Å². The molecule has 0 aliphatic heterocycles. The molecule has 1 aromatic rings. The summed E-state index contributed by atoms with van der Waals surface area (Å²) in [5, 5.41) is 8.79. The molecular weight excluding hydrogens is 373 g/mol. The van der Waals surface area contributed by atoms with Gasteiger partial charge in [-0.3, -0.25) is 0 Å². The first-order chi connectivity index (χ1) is 8.67. The van der Waals surface area contributed by atoms with Crippen LogP contribution < -0.4 is 0 Å². The molecule has 0 heterocycles. The van der Waals surface area contributed by atoms with Crippen molar-refractivity contribution in [2.45, 2.75) is 26.7 Å². The number of aryl methyl sites for hydroxylation is 2. The topological polar surface area (TPSA) is 28.1 Å². The van der Waals surface area contributed by atoms with Gasteiger partial charge in [-0.25, -0.2) is 0 Å². The standard InChI is InChI=1S/C10H12BrN2.F6P/c1-3-7-5-8(4-2)10(13-12)9(11)6-7;1-7(2,3,4,5)6/h5-6H,3-4H2,1-2H3;/q+1;-1. The Morgan fingerprint density at radius 3 is 1.80 bits per heavy atom. The molecule has 10 heteroatoms. The van der Waals surface area contributed by atoms with Crippen LogP contribution in [-0.2, 0) is 12.8 Å². The third-order valence-corrected chi connectivity index (χ3v) is 2.70. The van der Waals surface area contributed by atoms with Gasteiger partial charge in [0.05, 0.1) is 0 Å². The average Bonchev–Trinajstić information content (AvgIpc) is 2.23. The fourth-order valence-corrected chi connectivity index (χ4v) is 1.93. The Labute approximate surface area is 120 Å². The Balaban J connectivity index is 0.000000441. The van der Waals surface area contributed by atoms with Gasteiger partial charge in [-0.15, -0.1) is 0 Å². The fourth-order valence-electron chi connectivity index (χ4n) is 1.30. The Morgan fingerprint density at radius 1 is 1.05 bits per heavy atom. The van der Waals surface area contributed by atoms with Crippen LogP contribution in [0, 0.1) is 5.39 Å². The maximum atomic E-state index is 9.87. The predicted molar refractivity (Wildman–Crippen MR) is 71.2 cm³/mol. The average molecular weight is 385 g/mol. The summed E-state index contributed by atoms with van der Waals surface area (Å²) in [4.78, 5) is 3.27. The van der Waals surface area contributed by atoms with E-state index in [4.69, 9.17) is 5.39 Å². The van der Waals surface area contributed by atoms with Crippen molar-refractivity contribution < 1.29 is 25.2 Å². The Bertz CT molecular complexity index is 523. The minimum absolute atomic E-state index is 0.653. The van der Waals surface area contributed by atoms with E-state index in [1.807, 2.05) is 6.07 Å². The Kier molecular flexibility index (Phi) is 5.25. The first kappa shape index (κ1) is 19.1. The van der Waals surface area contributed by atoms with Crippen molar-refractivity contribution in [3.8, 4) is 0 Å². The molecule has 0 aliphatic rings. The molecule has 0 amide bonds. The molecule has 0 unspecified atom stereocenters. The van der Waals surface area contributed by atoms with E-state index in [0.29, 0.717) is 5.69 Å². The molecule has 116 valence electrons. The van der Waals surface area contributed by atoms with E-state index in [9.17, 15) is 25.2 Å². The van der Waals surface area contributed by atoms with Crippen LogP contribution in [0.5, 0.6) is 0 Å². The number of hydrogen-bond donors (Lipinski definition) is 0. The molecule has 0 radical (unpaired) electrons. The molecule has 0 aliphatic carbocycles. The van der Waals surface area contributed by atoms with Crippen molar-refractivity contribution in [2.24, 2.45) is 0 Å². The van der Waals surface area contributed by atoms with Gasteiger partial charge in [0.2, 0.25) is 5.39 Å². The Morgan fingerprint density at radius 2 is 1.50 bits per heavy atom. The van der Waals surface area contributed by atoms with Gasteiger partial charge in [-0.2, -0.15) is 0 Å². The summed E-state index contributed by atoms with van der Waals surface area (Å²) >= 11 is 3.39. The number of benzene rings is 1. The van der Waals surface area contributed by atoms with Gasteiger partial charge in [-0.05, 0) is 46.5 Å². The monoisotopic (exact) mass is 384 g/mol. The van der Waals surface area contributed by atoms with Gasteiger partial charge in [0.15, 0.2) is 4.98 Å². The van der Waals surface area contributed by atoms with Crippen molar-refractivity contribution >= 4 is 29.4 Å². The molecule has 0 fully saturated rings. The molecule has 0 aromatic heterocycles. The van der Waals surface area contributed by atoms with Crippen molar-refractivity contribution in [3.63, 3.8) is 0 Å². The number of rotatable bonds is 2. The molecule has 0 spiro atoms. The van der Waals surface area contributed by atoms with E-state index in [2.05, 4.69) is 40.8 Å². The van der Waals surface area contributed by atoms with Crippen LogP contribution in [-0.4, -0.2) is 0 Å². The van der Waals surface area contributed by atoms with Gasteiger partial charge < -0.3 is 0 Å². The molecule has 1 aromatic carbocycles. The molecule has 1 rings (SSSR count). The van der Waals surface area contributed by atoms with Crippen LogP contribution >= 0.6 is 23.7 Å². The van der Waals surface area contributed by atoms with Crippen LogP contribution in [0.15, 0.2) is 16.6 Å². The first-order valence-electron chi connectivity index (χ1n) is 5.40. The maximum absolute atomic E-state index is 10.7. The molecule has 20 heavy (non-hydrogen) atoms. The first-order valence-corrected chi connectivity index (χ1v) is 8.22. The quantitative estimate of drug-likeness (QED) is 0.295. The van der Waals surface area contributed by atoms with Gasteiger partial charge in [-0.1, -0.05) is 13.8 Å². The van der Waals surface area contributed by atoms with Crippen LogP contribution in [0.3, 0.4) is 0 Å². The molecular formula is C10H12BrF6N2P. The van der Waals surface area contributed by atoms with E-state index in [1.54, 1.807) is 0 Å². The summed E-state index contributed by atoms with van der Waals surface area (Å²) in [7, 11) is -10.7. The summed E-state index contributed by atoms with van der Waals surface area (Å²) in [6.07, 6.45) is 1.88. The third kappa shape index (κ3) is 9.98. The summed E-state index contributed by atoms with van der Waals surface area (Å²) in [5.41, 5.74) is 2.99. The second-order valence-corrected chi connectivity index (χ2v) is 6.62. The van der Waals surface area contributed by atoms with Crippen molar-refractivity contribution in [1.29, 1.82) is 5.39 Å². The van der Waals surface area contributed by atoms with Crippen LogP contribution in [0.1, 0.15) is 25.0 Å². The predicted octanol–water partition coefficient (Wildman–Crippen LogP) is 7.44. The summed E-state index contributed by atoms with van der Waals surface area (Å²) in [5.74, 6) is 0. The van der Waals surface area contributed by atoms with E-state index in [0.717, 1.165) is 22.9 Å². The molecule has 0 atom stereocenters. The van der Waals surface area contributed by atoms with Crippen molar-refractivity contribution in [3.05, 3.63) is 32.7 Å². The summed E-state index contributed by atoms with van der Waals surface area (Å²) in [6.45, 7) is 4.16. The minimum atomic E-state index is -10.7. The van der Waals surface area contributed by atoms with Gasteiger partial charge >= 0.3 is 38.7 Å². The fraction of sp³-hybridized carbons (Fsp3) is 0.400. The van der Waals surface area contributed by atoms with E-state index in [-0.39, 0.29) is 0 Å². The zero-order chi connectivity index (χ0) is 16.3. The number of nitrogens with zero attached hydrogens (tertiary/aromatic N) is 2. The Hall–Kier alpha value is -0.870. The normalized spacial score (nSPS) is 14.4. The third-order valence-electron chi connectivity index (χ3n) is 2.09. The van der Waals surface area contributed by atoms with E-state index in [1.165, 1.54) is 5.56 Å². The molecule has 2 nitrogen and oxygen atoms in total. The second kappa shape index (κ2) is 5.49. The van der Waals surface area contributed by atoms with Gasteiger partial charge in [0, 0.05) is 5.56 Å². The summed E-state index contributed by atoms with van der Waals surface area (Å²) in [6, 6.07) is 4.08. The van der Waals surface area contributed by atoms with E-state index >= 15 is 0 Å². The van der Waals surface area contributed by atoms with Crippen molar-refractivity contribution in [1.82, 2.24) is 0 Å². The second-order valence-electron chi connectivity index (χ2n) is 3.85. The number of diazo groups is 1. The molecule has 0 saturated carbocycles. The molecule has 0 saturated heterocycles. The van der Waals surface area contributed by atoms with Gasteiger partial charge in [0.25, 0.3) is 0 Å². The van der Waals surface area contributed by atoms with Crippen LogP contribution in [0.2, 0.25) is 0 Å².